The van der Waals surface area contributed by atoms with Crippen molar-refractivity contribution < 1.29 is 29.5 Å². The average molecular weight is 567 g/mol. The molecule has 0 radical (unpaired) electrons. The number of unbranched alkanes of at least 4 members (excludes halogenated alkanes) is 2. The summed E-state index contributed by atoms with van der Waals surface area (Å²) < 4.78 is 18.6. The van der Waals surface area contributed by atoms with E-state index in [2.05, 4.69) is 13.0 Å². The molecule has 0 amide bonds. The van der Waals surface area contributed by atoms with Crippen molar-refractivity contribution in [3.05, 3.63) is 76.3 Å². The lowest BCUT2D eigenvalue weighted by Crippen LogP contribution is -2.33. The lowest BCUT2D eigenvalue weighted by molar-refractivity contribution is 0.0193. The van der Waals surface area contributed by atoms with Crippen molar-refractivity contribution >= 4 is 10.8 Å². The molecule has 0 saturated heterocycles. The van der Waals surface area contributed by atoms with Crippen molar-refractivity contribution in [1.82, 2.24) is 0 Å². The SMILES string of the molecule is CCCCCC1Cc2cc(O)c3ccccc3c2-c2c(OC)cc3c(c21)CC(O)C(c1ccc(O)c2c1CCCO2)O3. The van der Waals surface area contributed by atoms with Gasteiger partial charge in [0.15, 0.2) is 17.6 Å². The van der Waals surface area contributed by atoms with E-state index in [1.165, 1.54) is 5.56 Å². The monoisotopic (exact) mass is 566 g/mol. The molecule has 6 heteroatoms. The number of fused-ring (bicyclic) bond motifs is 8. The minimum atomic E-state index is -0.764. The Balaban J connectivity index is 1.41. The highest BCUT2D eigenvalue weighted by Crippen LogP contribution is 2.55. The van der Waals surface area contributed by atoms with Crippen LogP contribution in [0.5, 0.6) is 28.7 Å². The summed E-state index contributed by atoms with van der Waals surface area (Å²) >= 11 is 0. The molecule has 1 aliphatic carbocycles. The zero-order chi connectivity index (χ0) is 29.0. The number of hydrogen-bond acceptors (Lipinski definition) is 6. The molecule has 0 spiro atoms. The molecule has 4 aromatic rings. The summed E-state index contributed by atoms with van der Waals surface area (Å²) in [6, 6.07) is 15.4. The molecule has 2 aliphatic heterocycles. The smallest absolute Gasteiger partial charge is 0.164 e. The predicted octanol–water partition coefficient (Wildman–Crippen LogP) is 7.51. The third kappa shape index (κ3) is 4.27. The molecule has 0 saturated carbocycles. The van der Waals surface area contributed by atoms with Crippen LogP contribution in [-0.2, 0) is 19.3 Å². The lowest BCUT2D eigenvalue weighted by Gasteiger charge is -2.38. The van der Waals surface area contributed by atoms with E-state index < -0.39 is 12.2 Å². The number of hydrogen-bond donors (Lipinski definition) is 3. The minimum Gasteiger partial charge on any atom is -0.507 e. The maximum Gasteiger partial charge on any atom is 0.164 e. The van der Waals surface area contributed by atoms with Crippen molar-refractivity contribution in [2.24, 2.45) is 0 Å². The van der Waals surface area contributed by atoms with Crippen LogP contribution in [-0.4, -0.2) is 35.1 Å². The summed E-state index contributed by atoms with van der Waals surface area (Å²) in [6.45, 7) is 2.79. The van der Waals surface area contributed by atoms with Gasteiger partial charge in [-0.15, -0.1) is 0 Å². The van der Waals surface area contributed by atoms with Gasteiger partial charge in [-0.3, -0.25) is 0 Å². The van der Waals surface area contributed by atoms with E-state index in [-0.39, 0.29) is 11.7 Å². The Hall–Kier alpha value is -3.90. The van der Waals surface area contributed by atoms with Gasteiger partial charge in [-0.2, -0.15) is 0 Å². The number of aliphatic hydroxyl groups is 1. The number of phenolic OH excluding ortho intramolecular Hbond substituents is 2. The van der Waals surface area contributed by atoms with E-state index in [4.69, 9.17) is 14.2 Å². The van der Waals surface area contributed by atoms with Crippen molar-refractivity contribution in [2.45, 2.75) is 76.4 Å². The first kappa shape index (κ1) is 27.0. The molecule has 3 N–H and O–H groups in total. The highest BCUT2D eigenvalue weighted by atomic mass is 16.5. The van der Waals surface area contributed by atoms with Gasteiger partial charge < -0.3 is 29.5 Å². The standard InChI is InChI=1S/C36H38O6/c1-3-4-5-9-20-16-21-17-28(38)22-10-6-7-11-23(22)33(21)34-31(40-2)19-30-26(32(20)34)18-29(39)36(42-30)25-13-14-27(37)35-24(25)12-8-15-41-35/h6-7,10-11,13-14,17,19-20,29,36-39H,3-5,8-9,12,15-16,18H2,1-2H3. The number of phenols is 2. The Morgan fingerprint density at radius 1 is 0.929 bits per heavy atom. The normalized spacial score (nSPS) is 20.5. The van der Waals surface area contributed by atoms with Crippen LogP contribution >= 0.6 is 0 Å². The van der Waals surface area contributed by atoms with Gasteiger partial charge in [-0.25, -0.2) is 0 Å². The molecule has 2 heterocycles. The molecular weight excluding hydrogens is 528 g/mol. The molecule has 218 valence electrons. The summed E-state index contributed by atoms with van der Waals surface area (Å²) in [6.07, 6.45) is 5.96. The highest BCUT2D eigenvalue weighted by Gasteiger charge is 2.39. The van der Waals surface area contributed by atoms with E-state index in [0.29, 0.717) is 24.5 Å². The van der Waals surface area contributed by atoms with Gasteiger partial charge in [0.1, 0.15) is 17.2 Å². The fraction of sp³-hybridized carbons (Fsp3) is 0.389. The molecule has 6 nitrogen and oxygen atoms in total. The quantitative estimate of drug-likeness (QED) is 0.209. The third-order valence-corrected chi connectivity index (χ3v) is 9.42. The second kappa shape index (κ2) is 10.7. The van der Waals surface area contributed by atoms with Crippen LogP contribution in [0.2, 0.25) is 0 Å². The molecule has 4 aromatic carbocycles. The number of aliphatic hydroxyl groups excluding tert-OH is 1. The van der Waals surface area contributed by atoms with Crippen molar-refractivity contribution in [1.29, 1.82) is 0 Å². The first-order valence-electron chi connectivity index (χ1n) is 15.3. The van der Waals surface area contributed by atoms with Crippen molar-refractivity contribution in [2.75, 3.05) is 13.7 Å². The van der Waals surface area contributed by atoms with Gasteiger partial charge in [0.25, 0.3) is 0 Å². The average Bonchev–Trinajstić information content (AvgIpc) is 3.01. The Labute approximate surface area is 246 Å². The molecule has 3 unspecified atom stereocenters. The Kier molecular flexibility index (Phi) is 6.89. The lowest BCUT2D eigenvalue weighted by atomic mass is 9.71. The maximum absolute atomic E-state index is 11.7. The molecule has 7 rings (SSSR count). The van der Waals surface area contributed by atoms with Gasteiger partial charge in [-0.1, -0.05) is 56.5 Å². The van der Waals surface area contributed by atoms with Crippen LogP contribution in [0, 0.1) is 0 Å². The van der Waals surface area contributed by atoms with Gasteiger partial charge in [-0.05, 0) is 65.8 Å². The Morgan fingerprint density at radius 3 is 2.57 bits per heavy atom. The minimum absolute atomic E-state index is 0.127. The summed E-state index contributed by atoms with van der Waals surface area (Å²) in [5, 5.41) is 34.9. The summed E-state index contributed by atoms with van der Waals surface area (Å²) in [5.74, 6) is 2.64. The van der Waals surface area contributed by atoms with Gasteiger partial charge in [0, 0.05) is 40.1 Å². The number of methoxy groups -OCH3 is 1. The van der Waals surface area contributed by atoms with Crippen LogP contribution in [0.3, 0.4) is 0 Å². The van der Waals surface area contributed by atoms with E-state index >= 15 is 0 Å². The number of aromatic hydroxyl groups is 2. The number of benzene rings is 4. The van der Waals surface area contributed by atoms with Crippen LogP contribution in [0.1, 0.15) is 78.9 Å². The van der Waals surface area contributed by atoms with Gasteiger partial charge in [0.05, 0.1) is 19.8 Å². The molecule has 0 aromatic heterocycles. The maximum atomic E-state index is 11.7. The van der Waals surface area contributed by atoms with Gasteiger partial charge in [0.2, 0.25) is 0 Å². The van der Waals surface area contributed by atoms with E-state index in [9.17, 15) is 15.3 Å². The molecule has 42 heavy (non-hydrogen) atoms. The van der Waals surface area contributed by atoms with Gasteiger partial charge >= 0.3 is 0 Å². The Bertz CT molecular complexity index is 1670. The number of rotatable bonds is 6. The van der Waals surface area contributed by atoms with E-state index in [1.54, 1.807) is 13.2 Å². The molecule has 3 aliphatic rings. The molecular formula is C36H38O6. The topological polar surface area (TPSA) is 88.4 Å². The molecule has 0 bridgehead atoms. The zero-order valence-corrected chi connectivity index (χ0v) is 24.3. The van der Waals surface area contributed by atoms with E-state index in [0.717, 1.165) is 101 Å². The van der Waals surface area contributed by atoms with Crippen LogP contribution in [0.25, 0.3) is 21.9 Å². The molecule has 0 fully saturated rings. The number of ether oxygens (including phenoxy) is 3. The van der Waals surface area contributed by atoms with Crippen molar-refractivity contribution in [3.63, 3.8) is 0 Å². The van der Waals surface area contributed by atoms with Crippen LogP contribution < -0.4 is 14.2 Å². The first-order valence-corrected chi connectivity index (χ1v) is 15.3. The Morgan fingerprint density at radius 2 is 1.76 bits per heavy atom. The fourth-order valence-electron chi connectivity index (χ4n) is 7.54. The summed E-state index contributed by atoms with van der Waals surface area (Å²) in [4.78, 5) is 0. The zero-order valence-electron chi connectivity index (χ0n) is 24.3. The predicted molar refractivity (Wildman–Crippen MR) is 163 cm³/mol. The second-order valence-corrected chi connectivity index (χ2v) is 12.0. The first-order chi connectivity index (χ1) is 20.5. The third-order valence-electron chi connectivity index (χ3n) is 9.42. The second-order valence-electron chi connectivity index (χ2n) is 12.0. The highest BCUT2D eigenvalue weighted by molar-refractivity contribution is 6.04. The molecule has 3 atom stereocenters. The van der Waals surface area contributed by atoms with Crippen LogP contribution in [0.15, 0.2) is 48.5 Å². The van der Waals surface area contributed by atoms with Crippen molar-refractivity contribution in [3.8, 4) is 39.9 Å². The van der Waals surface area contributed by atoms with E-state index in [1.807, 2.05) is 36.4 Å². The largest absolute Gasteiger partial charge is 0.507 e. The fourth-order valence-corrected chi connectivity index (χ4v) is 7.54. The van der Waals surface area contributed by atoms with Crippen LogP contribution in [0.4, 0.5) is 0 Å². The summed E-state index contributed by atoms with van der Waals surface area (Å²) in [7, 11) is 1.70. The summed E-state index contributed by atoms with van der Waals surface area (Å²) in [5.41, 5.74) is 7.32.